The molecule has 10 nitrogen and oxygen atoms in total. The second-order valence-corrected chi connectivity index (χ2v) is 6.55. The van der Waals surface area contributed by atoms with Crippen LogP contribution in [0.2, 0.25) is 0 Å². The van der Waals surface area contributed by atoms with E-state index in [2.05, 4.69) is 30.5 Å². The number of nitrogens with one attached hydrogen (secondary N) is 1. The topological polar surface area (TPSA) is 125 Å². The second-order valence-electron chi connectivity index (χ2n) is 6.55. The van der Waals surface area contributed by atoms with Crippen molar-refractivity contribution in [1.29, 1.82) is 0 Å². The lowest BCUT2D eigenvalue weighted by molar-refractivity contribution is 0.0990. The Morgan fingerprint density at radius 1 is 1.13 bits per heavy atom. The average molecular weight is 423 g/mol. The quantitative estimate of drug-likeness (QED) is 0.599. The summed E-state index contributed by atoms with van der Waals surface area (Å²) in [5.74, 6) is -1.17. The number of nitrogens with zero attached hydrogens (tertiary/aromatic N) is 6. The number of amides is 1. The highest BCUT2D eigenvalue weighted by atomic mass is 19.1. The molecule has 11 heteroatoms. The molecular weight excluding hydrogens is 405 g/mol. The number of phenols is 1. The molecule has 1 aliphatic rings. The molecule has 0 radical (unpaired) electrons. The number of benzene rings is 1. The van der Waals surface area contributed by atoms with Gasteiger partial charge in [-0.3, -0.25) is 4.79 Å². The maximum Gasteiger partial charge on any atom is 0.314 e. The molecule has 3 aromatic rings. The molecule has 31 heavy (non-hydrogen) atoms. The fourth-order valence-corrected chi connectivity index (χ4v) is 2.88. The highest BCUT2D eigenvalue weighted by Crippen LogP contribution is 2.21. The molecule has 0 unspecified atom stereocenters. The van der Waals surface area contributed by atoms with Crippen LogP contribution >= 0.6 is 0 Å². The highest BCUT2D eigenvalue weighted by Gasteiger charge is 2.18. The van der Waals surface area contributed by atoms with E-state index in [0.29, 0.717) is 37.7 Å². The fourth-order valence-electron chi connectivity index (χ4n) is 2.88. The van der Waals surface area contributed by atoms with E-state index in [1.807, 2.05) is 0 Å². The van der Waals surface area contributed by atoms with Gasteiger partial charge in [-0.1, -0.05) is 6.07 Å². The van der Waals surface area contributed by atoms with Gasteiger partial charge in [0.05, 0.1) is 31.3 Å². The van der Waals surface area contributed by atoms with Crippen LogP contribution in [0, 0.1) is 5.82 Å². The minimum Gasteiger partial charge on any atom is -0.508 e. The third-order valence-electron chi connectivity index (χ3n) is 4.37. The van der Waals surface area contributed by atoms with Gasteiger partial charge in [0.1, 0.15) is 11.4 Å². The number of aromatic nitrogens is 3. The van der Waals surface area contributed by atoms with Crippen LogP contribution in [0.15, 0.2) is 59.0 Å². The lowest BCUT2D eigenvalue weighted by Crippen LogP contribution is -2.37. The predicted octanol–water partition coefficient (Wildman–Crippen LogP) is 3.22. The number of halogens is 1. The van der Waals surface area contributed by atoms with Gasteiger partial charge in [-0.15, -0.1) is 10.2 Å². The van der Waals surface area contributed by atoms with Crippen molar-refractivity contribution in [3.63, 3.8) is 0 Å². The molecule has 4 rings (SSSR count). The molecule has 0 saturated carbocycles. The highest BCUT2D eigenvalue weighted by molar-refractivity contribution is 5.92. The molecule has 1 fully saturated rings. The summed E-state index contributed by atoms with van der Waals surface area (Å²) in [5, 5.41) is 19.9. The molecule has 1 saturated heterocycles. The summed E-state index contributed by atoms with van der Waals surface area (Å²) in [7, 11) is 0. The number of carbonyl (C=O) groups excluding carboxylic acids is 1. The SMILES string of the molecule is O=C(N=Nc1ncc(F)c(N2CCOCC2)n1)c1ccc(Nc2cccc(O)c2)cn1. The number of morpholine rings is 1. The average Bonchev–Trinajstić information content (AvgIpc) is 2.79. The zero-order valence-electron chi connectivity index (χ0n) is 16.3. The van der Waals surface area contributed by atoms with Crippen molar-refractivity contribution in [3.05, 3.63) is 60.3 Å². The number of phenolic OH excluding ortho intramolecular Hbond substituents is 1. The first kappa shape index (κ1) is 20.3. The Morgan fingerprint density at radius 2 is 1.97 bits per heavy atom. The summed E-state index contributed by atoms with van der Waals surface area (Å²) in [5.41, 5.74) is 1.36. The number of hydrogen-bond donors (Lipinski definition) is 2. The molecular formula is C20H18FN7O3. The van der Waals surface area contributed by atoms with E-state index in [9.17, 15) is 14.3 Å². The minimum absolute atomic E-state index is 0.0701. The van der Waals surface area contributed by atoms with Crippen LogP contribution in [0.1, 0.15) is 10.5 Å². The van der Waals surface area contributed by atoms with Crippen molar-refractivity contribution < 1.29 is 19.0 Å². The lowest BCUT2D eigenvalue weighted by atomic mass is 10.2. The molecule has 1 aliphatic heterocycles. The first-order valence-electron chi connectivity index (χ1n) is 9.42. The predicted molar refractivity (Wildman–Crippen MR) is 109 cm³/mol. The van der Waals surface area contributed by atoms with Crippen LogP contribution in [0.5, 0.6) is 5.75 Å². The van der Waals surface area contributed by atoms with Crippen molar-refractivity contribution >= 4 is 29.0 Å². The Hall–Kier alpha value is -3.99. The van der Waals surface area contributed by atoms with Crippen LogP contribution in [0.3, 0.4) is 0 Å². The summed E-state index contributed by atoms with van der Waals surface area (Å²) in [4.78, 5) is 25.8. The summed E-state index contributed by atoms with van der Waals surface area (Å²) in [6.07, 6.45) is 2.45. The largest absolute Gasteiger partial charge is 0.508 e. The van der Waals surface area contributed by atoms with Gasteiger partial charge in [-0.05, 0) is 24.3 Å². The molecule has 3 heterocycles. The summed E-state index contributed by atoms with van der Waals surface area (Å²) >= 11 is 0. The minimum atomic E-state index is -0.690. The molecule has 158 valence electrons. The van der Waals surface area contributed by atoms with Gasteiger partial charge in [0.2, 0.25) is 0 Å². The van der Waals surface area contributed by atoms with Crippen molar-refractivity contribution in [3.8, 4) is 5.75 Å². The van der Waals surface area contributed by atoms with Gasteiger partial charge in [0, 0.05) is 24.8 Å². The molecule has 1 amide bonds. The Morgan fingerprint density at radius 3 is 2.71 bits per heavy atom. The zero-order valence-corrected chi connectivity index (χ0v) is 16.3. The first-order chi connectivity index (χ1) is 15.1. The molecule has 0 spiro atoms. The van der Waals surface area contributed by atoms with E-state index >= 15 is 0 Å². The van der Waals surface area contributed by atoms with Crippen molar-refractivity contribution in [2.45, 2.75) is 0 Å². The van der Waals surface area contributed by atoms with Gasteiger partial charge in [-0.25, -0.2) is 14.4 Å². The van der Waals surface area contributed by atoms with E-state index < -0.39 is 11.7 Å². The molecule has 1 aromatic carbocycles. The van der Waals surface area contributed by atoms with Gasteiger partial charge >= 0.3 is 5.91 Å². The maximum atomic E-state index is 14.1. The van der Waals surface area contributed by atoms with Crippen LogP contribution in [-0.4, -0.2) is 52.3 Å². The van der Waals surface area contributed by atoms with Crippen LogP contribution in [-0.2, 0) is 4.74 Å². The normalized spacial score (nSPS) is 14.0. The van der Waals surface area contributed by atoms with Crippen LogP contribution < -0.4 is 10.2 Å². The molecule has 0 atom stereocenters. The third-order valence-corrected chi connectivity index (χ3v) is 4.37. The van der Waals surface area contributed by atoms with Gasteiger partial charge < -0.3 is 20.1 Å². The Kier molecular flexibility index (Phi) is 6.03. The van der Waals surface area contributed by atoms with Crippen molar-refractivity contribution in [1.82, 2.24) is 15.0 Å². The van der Waals surface area contributed by atoms with E-state index in [-0.39, 0.29) is 23.2 Å². The number of carbonyl (C=O) groups is 1. The number of anilines is 3. The summed E-state index contributed by atoms with van der Waals surface area (Å²) < 4.78 is 19.3. The monoisotopic (exact) mass is 423 g/mol. The van der Waals surface area contributed by atoms with Gasteiger partial charge in [-0.2, -0.15) is 4.98 Å². The Labute approximate surface area is 176 Å². The van der Waals surface area contributed by atoms with Crippen molar-refractivity contribution in [2.75, 3.05) is 36.5 Å². The smallest absolute Gasteiger partial charge is 0.314 e. The summed E-state index contributed by atoms with van der Waals surface area (Å²) in [6.45, 7) is 1.94. The zero-order chi connectivity index (χ0) is 21.6. The number of ether oxygens (including phenoxy) is 1. The molecule has 2 aromatic heterocycles. The lowest BCUT2D eigenvalue weighted by Gasteiger charge is -2.27. The van der Waals surface area contributed by atoms with E-state index in [0.717, 1.165) is 6.20 Å². The molecule has 0 aliphatic carbocycles. The second kappa shape index (κ2) is 9.22. The van der Waals surface area contributed by atoms with Crippen molar-refractivity contribution in [2.24, 2.45) is 10.2 Å². The standard InChI is InChI=1S/C20H18FN7O3/c21-16-12-23-20(25-18(16)28-6-8-31-9-7-28)27-26-19(30)17-5-4-14(11-22-17)24-13-2-1-3-15(29)10-13/h1-5,10-12,24,29H,6-9H2. The summed E-state index contributed by atoms with van der Waals surface area (Å²) in [6, 6.07) is 9.72. The van der Waals surface area contributed by atoms with E-state index in [1.54, 1.807) is 35.2 Å². The number of azo groups is 1. The Balaban J connectivity index is 1.43. The van der Waals surface area contributed by atoms with E-state index in [4.69, 9.17) is 4.74 Å². The van der Waals surface area contributed by atoms with Crippen LogP contribution in [0.4, 0.5) is 27.5 Å². The Bertz CT molecular complexity index is 1100. The van der Waals surface area contributed by atoms with Gasteiger partial charge in [0.15, 0.2) is 11.6 Å². The molecule has 2 N–H and O–H groups in total. The number of rotatable bonds is 5. The first-order valence-corrected chi connectivity index (χ1v) is 9.42. The van der Waals surface area contributed by atoms with Crippen LogP contribution in [0.25, 0.3) is 0 Å². The third kappa shape index (κ3) is 5.14. The fraction of sp³-hybridized carbons (Fsp3) is 0.200. The number of aromatic hydroxyl groups is 1. The maximum absolute atomic E-state index is 14.1. The van der Waals surface area contributed by atoms with Gasteiger partial charge in [0.25, 0.3) is 5.95 Å². The van der Waals surface area contributed by atoms with E-state index in [1.165, 1.54) is 12.3 Å². The number of hydrogen-bond acceptors (Lipinski definition) is 9. The molecule has 0 bridgehead atoms. The number of pyridine rings is 1.